The summed E-state index contributed by atoms with van der Waals surface area (Å²) in [5.74, 6) is 1.14. The van der Waals surface area contributed by atoms with Crippen LogP contribution >= 0.6 is 22.6 Å². The van der Waals surface area contributed by atoms with Crippen molar-refractivity contribution in [3.63, 3.8) is 0 Å². The van der Waals surface area contributed by atoms with E-state index in [4.69, 9.17) is 0 Å². The number of aromatic amines is 1. The second kappa shape index (κ2) is 5.86. The van der Waals surface area contributed by atoms with Crippen molar-refractivity contribution >= 4 is 22.6 Å². The van der Waals surface area contributed by atoms with E-state index in [0.717, 1.165) is 23.2 Å². The average Bonchev–Trinajstić information content (AvgIpc) is 2.34. The number of H-pyrrole nitrogens is 1. The number of benzene rings is 1. The lowest BCUT2D eigenvalue weighted by Gasteiger charge is -2.09. The summed E-state index contributed by atoms with van der Waals surface area (Å²) in [5, 5.41) is 0. The van der Waals surface area contributed by atoms with Gasteiger partial charge in [0.2, 0.25) is 0 Å². The highest BCUT2D eigenvalue weighted by atomic mass is 127. The number of rotatable bonds is 3. The second-order valence-electron chi connectivity index (χ2n) is 5.14. The van der Waals surface area contributed by atoms with Crippen LogP contribution in [0.2, 0.25) is 0 Å². The van der Waals surface area contributed by atoms with Crippen LogP contribution in [0.25, 0.3) is 11.4 Å². The van der Waals surface area contributed by atoms with E-state index in [0.29, 0.717) is 15.3 Å². The van der Waals surface area contributed by atoms with Crippen molar-refractivity contribution in [1.29, 1.82) is 0 Å². The molecule has 0 saturated carbocycles. The van der Waals surface area contributed by atoms with Crippen molar-refractivity contribution in [3.05, 3.63) is 49.4 Å². The summed E-state index contributed by atoms with van der Waals surface area (Å²) in [4.78, 5) is 19.5. The molecule has 0 spiro atoms. The lowest BCUT2D eigenvalue weighted by Crippen LogP contribution is -2.17. The maximum atomic E-state index is 12.0. The molecule has 0 amide bonds. The lowest BCUT2D eigenvalue weighted by molar-refractivity contribution is 0.631. The third-order valence-corrected chi connectivity index (χ3v) is 3.94. The monoisotopic (exact) mass is 368 g/mol. The van der Waals surface area contributed by atoms with E-state index in [1.165, 1.54) is 0 Å². The molecular formula is C15H17IN2O. The minimum atomic E-state index is -0.0530. The number of hydrogen-bond donors (Lipinski definition) is 1. The van der Waals surface area contributed by atoms with Crippen molar-refractivity contribution < 1.29 is 0 Å². The smallest absolute Gasteiger partial charge is 0.264 e. The summed E-state index contributed by atoms with van der Waals surface area (Å²) in [6.07, 6.45) is 0.820. The van der Waals surface area contributed by atoms with Crippen molar-refractivity contribution in [2.24, 2.45) is 5.92 Å². The highest BCUT2D eigenvalue weighted by molar-refractivity contribution is 14.1. The van der Waals surface area contributed by atoms with Crippen LogP contribution in [0.4, 0.5) is 0 Å². The Morgan fingerprint density at radius 2 is 2.11 bits per heavy atom. The van der Waals surface area contributed by atoms with Gasteiger partial charge in [0.15, 0.2) is 0 Å². The molecule has 0 bridgehead atoms. The minimum absolute atomic E-state index is 0.0530. The van der Waals surface area contributed by atoms with Gasteiger partial charge in [0.1, 0.15) is 5.82 Å². The molecule has 3 nitrogen and oxygen atoms in total. The SMILES string of the molecule is Cc1cccc(-c2nc(CC(C)C)c(I)c(=O)[nH]2)c1. The summed E-state index contributed by atoms with van der Waals surface area (Å²) >= 11 is 2.07. The van der Waals surface area contributed by atoms with Crippen LogP contribution in [0.1, 0.15) is 25.1 Å². The number of aromatic nitrogens is 2. The fourth-order valence-electron chi connectivity index (χ4n) is 1.96. The molecule has 0 atom stereocenters. The van der Waals surface area contributed by atoms with E-state index in [9.17, 15) is 4.79 Å². The molecule has 1 aromatic carbocycles. The maximum absolute atomic E-state index is 12.0. The quantitative estimate of drug-likeness (QED) is 0.843. The van der Waals surface area contributed by atoms with E-state index in [2.05, 4.69) is 46.4 Å². The van der Waals surface area contributed by atoms with Crippen LogP contribution in [-0.4, -0.2) is 9.97 Å². The zero-order chi connectivity index (χ0) is 14.0. The first kappa shape index (κ1) is 14.2. The first-order chi connectivity index (χ1) is 8.97. The fourth-order valence-corrected chi connectivity index (χ4v) is 2.43. The molecule has 100 valence electrons. The highest BCUT2D eigenvalue weighted by Gasteiger charge is 2.11. The number of halogens is 1. The molecule has 1 N–H and O–H groups in total. The largest absolute Gasteiger partial charge is 0.306 e. The molecule has 1 heterocycles. The zero-order valence-corrected chi connectivity index (χ0v) is 13.5. The molecule has 19 heavy (non-hydrogen) atoms. The van der Waals surface area contributed by atoms with E-state index >= 15 is 0 Å². The molecule has 0 fully saturated rings. The van der Waals surface area contributed by atoms with Crippen molar-refractivity contribution in [2.45, 2.75) is 27.2 Å². The third kappa shape index (κ3) is 3.43. The second-order valence-corrected chi connectivity index (χ2v) is 6.22. The van der Waals surface area contributed by atoms with Crippen LogP contribution in [0.15, 0.2) is 29.1 Å². The molecular weight excluding hydrogens is 351 g/mol. The lowest BCUT2D eigenvalue weighted by atomic mass is 10.1. The molecule has 0 radical (unpaired) electrons. The Bertz CT molecular complexity index is 647. The number of aryl methyl sites for hydroxylation is 1. The van der Waals surface area contributed by atoms with Crippen LogP contribution in [0, 0.1) is 16.4 Å². The van der Waals surface area contributed by atoms with Crippen molar-refractivity contribution in [2.75, 3.05) is 0 Å². The van der Waals surface area contributed by atoms with E-state index in [-0.39, 0.29) is 5.56 Å². The molecule has 1 aromatic heterocycles. The van der Waals surface area contributed by atoms with Gasteiger partial charge in [-0.05, 0) is 47.9 Å². The normalized spacial score (nSPS) is 11.0. The third-order valence-electron chi connectivity index (χ3n) is 2.82. The Kier molecular flexibility index (Phi) is 4.39. The fraction of sp³-hybridized carbons (Fsp3) is 0.333. The Labute approximate surface area is 126 Å². The Balaban J connectivity index is 2.53. The Morgan fingerprint density at radius 1 is 1.37 bits per heavy atom. The zero-order valence-electron chi connectivity index (χ0n) is 11.3. The molecule has 0 saturated heterocycles. The summed E-state index contributed by atoms with van der Waals surface area (Å²) in [6.45, 7) is 6.29. The van der Waals surface area contributed by atoms with Crippen molar-refractivity contribution in [1.82, 2.24) is 9.97 Å². The minimum Gasteiger partial charge on any atom is -0.306 e. The molecule has 0 unspecified atom stereocenters. The molecule has 2 rings (SSSR count). The van der Waals surface area contributed by atoms with Crippen molar-refractivity contribution in [3.8, 4) is 11.4 Å². The van der Waals surface area contributed by atoms with Crippen LogP contribution in [0.5, 0.6) is 0 Å². The van der Waals surface area contributed by atoms with Crippen LogP contribution in [0.3, 0.4) is 0 Å². The van der Waals surface area contributed by atoms with Gasteiger partial charge in [-0.25, -0.2) is 4.98 Å². The van der Waals surface area contributed by atoms with Gasteiger partial charge < -0.3 is 4.98 Å². The molecule has 0 aliphatic heterocycles. The molecule has 0 aliphatic carbocycles. The number of nitrogens with zero attached hydrogens (tertiary/aromatic N) is 1. The highest BCUT2D eigenvalue weighted by Crippen LogP contribution is 2.18. The number of nitrogens with one attached hydrogen (secondary N) is 1. The summed E-state index contributed by atoms with van der Waals surface area (Å²) in [5.41, 5.74) is 2.95. The standard InChI is InChI=1S/C15H17IN2O/c1-9(2)7-12-13(16)15(19)18-14(17-12)11-6-4-5-10(3)8-11/h4-6,8-9H,7H2,1-3H3,(H,17,18,19). The van der Waals surface area contributed by atoms with Gasteiger partial charge in [-0.2, -0.15) is 0 Å². The van der Waals surface area contributed by atoms with Gasteiger partial charge in [-0.3, -0.25) is 4.79 Å². The van der Waals surface area contributed by atoms with Gasteiger partial charge >= 0.3 is 0 Å². The summed E-state index contributed by atoms with van der Waals surface area (Å²) in [6, 6.07) is 8.01. The molecule has 0 aliphatic rings. The summed E-state index contributed by atoms with van der Waals surface area (Å²) < 4.78 is 0.697. The average molecular weight is 368 g/mol. The van der Waals surface area contributed by atoms with Crippen LogP contribution < -0.4 is 5.56 Å². The van der Waals surface area contributed by atoms with Gasteiger partial charge in [-0.15, -0.1) is 0 Å². The van der Waals surface area contributed by atoms with Crippen LogP contribution in [-0.2, 0) is 6.42 Å². The van der Waals surface area contributed by atoms with E-state index in [1.807, 2.05) is 31.2 Å². The Hall–Kier alpha value is -1.17. The maximum Gasteiger partial charge on any atom is 0.264 e. The molecule has 2 aromatic rings. The van der Waals surface area contributed by atoms with E-state index in [1.54, 1.807) is 0 Å². The predicted molar refractivity (Wildman–Crippen MR) is 86.3 cm³/mol. The molecule has 4 heteroatoms. The summed E-state index contributed by atoms with van der Waals surface area (Å²) in [7, 11) is 0. The van der Waals surface area contributed by atoms with Gasteiger partial charge in [0.05, 0.1) is 9.26 Å². The predicted octanol–water partition coefficient (Wildman–Crippen LogP) is 3.55. The van der Waals surface area contributed by atoms with E-state index < -0.39 is 0 Å². The van der Waals surface area contributed by atoms with Gasteiger partial charge in [-0.1, -0.05) is 37.6 Å². The first-order valence-corrected chi connectivity index (χ1v) is 7.41. The first-order valence-electron chi connectivity index (χ1n) is 6.33. The van der Waals surface area contributed by atoms with Gasteiger partial charge in [0, 0.05) is 5.56 Å². The van der Waals surface area contributed by atoms with Gasteiger partial charge in [0.25, 0.3) is 5.56 Å². The Morgan fingerprint density at radius 3 is 2.74 bits per heavy atom. The number of hydrogen-bond acceptors (Lipinski definition) is 2. The topological polar surface area (TPSA) is 45.8 Å².